The first-order valence-corrected chi connectivity index (χ1v) is 9.22. The molecule has 1 aromatic rings. The van der Waals surface area contributed by atoms with Crippen molar-refractivity contribution in [2.24, 2.45) is 11.8 Å². The predicted octanol–water partition coefficient (Wildman–Crippen LogP) is 6.04. The number of rotatable bonds is 6. The van der Waals surface area contributed by atoms with Crippen LogP contribution in [-0.4, -0.2) is 9.81 Å². The van der Waals surface area contributed by atoms with Crippen molar-refractivity contribution in [3.63, 3.8) is 0 Å². The van der Waals surface area contributed by atoms with Crippen molar-refractivity contribution in [1.82, 2.24) is 4.98 Å². The fourth-order valence-corrected chi connectivity index (χ4v) is 4.35. The molecule has 0 amide bonds. The van der Waals surface area contributed by atoms with Crippen molar-refractivity contribution in [2.75, 3.05) is 0 Å². The lowest BCUT2D eigenvalue weighted by atomic mass is 9.78. The molecule has 1 nitrogen and oxygen atoms in total. The molecule has 0 aromatic carbocycles. The monoisotopic (exact) mass is 357 g/mol. The van der Waals surface area contributed by atoms with Crippen LogP contribution in [0.15, 0.2) is 18.5 Å². The third-order valence-corrected chi connectivity index (χ3v) is 6.05. The summed E-state index contributed by atoms with van der Waals surface area (Å²) in [5.74, 6) is 1.78. The molecule has 20 heavy (non-hydrogen) atoms. The molecule has 1 unspecified atom stereocenters. The first-order chi connectivity index (χ1) is 9.70. The zero-order chi connectivity index (χ0) is 14.4. The summed E-state index contributed by atoms with van der Waals surface area (Å²) < 4.78 is 0. The third kappa shape index (κ3) is 4.73. The number of pyridine rings is 1. The maximum atomic E-state index is 6.20. The number of aromatic nitrogens is 1. The van der Waals surface area contributed by atoms with Gasteiger partial charge in [-0.1, -0.05) is 66.6 Å². The van der Waals surface area contributed by atoms with E-state index in [1.165, 1.54) is 50.5 Å². The number of halogens is 2. The summed E-state index contributed by atoms with van der Waals surface area (Å²) in [7, 11) is 0. The Morgan fingerprint density at radius 1 is 1.35 bits per heavy atom. The topological polar surface area (TPSA) is 12.9 Å². The fourth-order valence-electron chi connectivity index (χ4n) is 3.28. The largest absolute Gasteiger partial charge is 0.263 e. The Labute approximate surface area is 136 Å². The van der Waals surface area contributed by atoms with Crippen molar-refractivity contribution in [1.29, 1.82) is 0 Å². The van der Waals surface area contributed by atoms with E-state index in [4.69, 9.17) is 11.6 Å². The van der Waals surface area contributed by atoms with Gasteiger partial charge in [0.2, 0.25) is 0 Å². The van der Waals surface area contributed by atoms with Crippen LogP contribution in [0.25, 0.3) is 0 Å². The second-order valence-electron chi connectivity index (χ2n) is 6.11. The van der Waals surface area contributed by atoms with Gasteiger partial charge in [0.15, 0.2) is 0 Å². The van der Waals surface area contributed by atoms with Crippen LogP contribution in [0.5, 0.6) is 0 Å². The molecule has 1 saturated carbocycles. The number of alkyl halides is 1. The van der Waals surface area contributed by atoms with E-state index in [-0.39, 0.29) is 0 Å². The Balaban J connectivity index is 1.80. The smallest absolute Gasteiger partial charge is 0.0621 e. The maximum absolute atomic E-state index is 6.20. The summed E-state index contributed by atoms with van der Waals surface area (Å²) in [5.41, 5.74) is 1.22. The number of unbranched alkanes of at least 4 members (excludes halogenated alkanes) is 1. The lowest BCUT2D eigenvalue weighted by molar-refractivity contribution is 0.256. The highest BCUT2D eigenvalue weighted by atomic mass is 79.9. The zero-order valence-electron chi connectivity index (χ0n) is 12.3. The third-order valence-electron chi connectivity index (χ3n) is 4.64. The average Bonchev–Trinajstić information content (AvgIpc) is 2.48. The van der Waals surface area contributed by atoms with E-state index in [2.05, 4.69) is 27.8 Å². The highest BCUT2D eigenvalue weighted by molar-refractivity contribution is 9.09. The number of hydrogen-bond acceptors (Lipinski definition) is 1. The van der Waals surface area contributed by atoms with Crippen LogP contribution < -0.4 is 0 Å². The van der Waals surface area contributed by atoms with E-state index < -0.39 is 0 Å². The van der Waals surface area contributed by atoms with Gasteiger partial charge in [0, 0.05) is 17.2 Å². The van der Waals surface area contributed by atoms with Crippen molar-refractivity contribution >= 4 is 27.5 Å². The maximum Gasteiger partial charge on any atom is 0.0621 e. The molecule has 0 radical (unpaired) electrons. The van der Waals surface area contributed by atoms with Crippen LogP contribution >= 0.6 is 27.5 Å². The Morgan fingerprint density at radius 2 is 2.10 bits per heavy atom. The quantitative estimate of drug-likeness (QED) is 0.565. The summed E-state index contributed by atoms with van der Waals surface area (Å²) in [6.07, 6.45) is 14.3. The molecule has 3 heteroatoms. The minimum Gasteiger partial charge on any atom is -0.263 e. The van der Waals surface area contributed by atoms with Gasteiger partial charge in [-0.3, -0.25) is 4.98 Å². The van der Waals surface area contributed by atoms with Crippen LogP contribution in [-0.2, 0) is 6.42 Å². The normalized spacial score (nSPS) is 24.6. The SMILES string of the molecule is CCCCC1CCC(C(Br)Cc2ccncc2Cl)CC1. The van der Waals surface area contributed by atoms with Crippen molar-refractivity contribution in [3.05, 3.63) is 29.0 Å². The molecule has 0 saturated heterocycles. The predicted molar refractivity (Wildman–Crippen MR) is 90.6 cm³/mol. The molecule has 2 rings (SSSR count). The van der Waals surface area contributed by atoms with Crippen molar-refractivity contribution in [2.45, 2.75) is 63.1 Å². The standard InChI is InChI=1S/C17H25BrClN/c1-2-3-4-13-5-7-14(8-6-13)16(18)11-15-9-10-20-12-17(15)19/h9-10,12-14,16H,2-8,11H2,1H3. The first-order valence-electron chi connectivity index (χ1n) is 7.93. The first kappa shape index (κ1) is 16.3. The zero-order valence-corrected chi connectivity index (χ0v) is 14.7. The van der Waals surface area contributed by atoms with E-state index in [0.29, 0.717) is 4.83 Å². The van der Waals surface area contributed by atoms with E-state index in [1.54, 1.807) is 6.20 Å². The summed E-state index contributed by atoms with van der Waals surface area (Å²) >= 11 is 10.1. The summed E-state index contributed by atoms with van der Waals surface area (Å²) in [6.45, 7) is 2.29. The van der Waals surface area contributed by atoms with Gasteiger partial charge in [0.25, 0.3) is 0 Å². The molecule has 112 valence electrons. The van der Waals surface area contributed by atoms with Crippen LogP contribution in [0.4, 0.5) is 0 Å². The van der Waals surface area contributed by atoms with Crippen molar-refractivity contribution < 1.29 is 0 Å². The van der Waals surface area contributed by atoms with Crippen LogP contribution in [0.3, 0.4) is 0 Å². The second kappa shape index (κ2) is 8.38. The lowest BCUT2D eigenvalue weighted by Gasteiger charge is -2.31. The lowest BCUT2D eigenvalue weighted by Crippen LogP contribution is -2.23. The van der Waals surface area contributed by atoms with Gasteiger partial charge < -0.3 is 0 Å². The molecule has 0 bridgehead atoms. The minimum absolute atomic E-state index is 0.550. The van der Waals surface area contributed by atoms with E-state index in [0.717, 1.165) is 23.3 Å². The van der Waals surface area contributed by atoms with E-state index >= 15 is 0 Å². The summed E-state index contributed by atoms with van der Waals surface area (Å²) in [6, 6.07) is 2.05. The molecule has 1 aliphatic rings. The molecule has 1 aliphatic carbocycles. The molecule has 0 N–H and O–H groups in total. The number of hydrogen-bond donors (Lipinski definition) is 0. The van der Waals surface area contributed by atoms with Crippen LogP contribution in [0.2, 0.25) is 5.02 Å². The Bertz CT molecular complexity index is 402. The highest BCUT2D eigenvalue weighted by Gasteiger charge is 2.26. The highest BCUT2D eigenvalue weighted by Crippen LogP contribution is 2.37. The molecular formula is C17H25BrClN. The van der Waals surface area contributed by atoms with Gasteiger partial charge in [0.05, 0.1) is 5.02 Å². The molecule has 1 heterocycles. The van der Waals surface area contributed by atoms with Gasteiger partial charge in [-0.15, -0.1) is 0 Å². The van der Waals surface area contributed by atoms with Gasteiger partial charge in [-0.2, -0.15) is 0 Å². The molecule has 0 spiro atoms. The van der Waals surface area contributed by atoms with E-state index in [1.807, 2.05) is 12.3 Å². The molecule has 1 aromatic heterocycles. The summed E-state index contributed by atoms with van der Waals surface area (Å²) in [4.78, 5) is 4.61. The van der Waals surface area contributed by atoms with Gasteiger partial charge in [-0.25, -0.2) is 0 Å². The Hall–Kier alpha value is -0.0800. The molecule has 0 aliphatic heterocycles. The Morgan fingerprint density at radius 3 is 2.75 bits per heavy atom. The molecule has 1 fully saturated rings. The molecule has 1 atom stereocenters. The van der Waals surface area contributed by atoms with E-state index in [9.17, 15) is 0 Å². The fraction of sp³-hybridized carbons (Fsp3) is 0.706. The van der Waals surface area contributed by atoms with Crippen molar-refractivity contribution in [3.8, 4) is 0 Å². The van der Waals surface area contributed by atoms with Gasteiger partial charge >= 0.3 is 0 Å². The minimum atomic E-state index is 0.550. The van der Waals surface area contributed by atoms with Crippen LogP contribution in [0.1, 0.15) is 57.4 Å². The second-order valence-corrected chi connectivity index (χ2v) is 7.69. The summed E-state index contributed by atoms with van der Waals surface area (Å²) in [5, 5.41) is 0.800. The van der Waals surface area contributed by atoms with Gasteiger partial charge in [0.1, 0.15) is 0 Å². The Kier molecular flexibility index (Phi) is 6.83. The van der Waals surface area contributed by atoms with Crippen LogP contribution in [0, 0.1) is 11.8 Å². The van der Waals surface area contributed by atoms with Gasteiger partial charge in [-0.05, 0) is 42.7 Å². The molecular weight excluding hydrogens is 334 g/mol. The average molecular weight is 359 g/mol. The number of nitrogens with zero attached hydrogens (tertiary/aromatic N) is 1.